The quantitative estimate of drug-likeness (QED) is 0.416. The molecule has 3 N–H and O–H groups in total. The molecule has 2 aromatic rings. The normalized spacial score (nSPS) is 20.9. The van der Waals surface area contributed by atoms with E-state index in [0.29, 0.717) is 31.2 Å². The van der Waals surface area contributed by atoms with Crippen LogP contribution >= 0.6 is 11.9 Å². The first-order valence-corrected chi connectivity index (χ1v) is 12.0. The lowest BCUT2D eigenvalue weighted by atomic mass is 10.0. The van der Waals surface area contributed by atoms with E-state index in [2.05, 4.69) is 25.8 Å². The maximum Gasteiger partial charge on any atom is 0.233 e. The molecule has 182 valence electrons. The number of rotatable bonds is 11. The predicted molar refractivity (Wildman–Crippen MR) is 131 cm³/mol. The second kappa shape index (κ2) is 11.7. The number of methoxy groups -OCH3 is 1. The molecular formula is C24H30N4O5S. The summed E-state index contributed by atoms with van der Waals surface area (Å²) in [5, 5.41) is 10.2. The van der Waals surface area contributed by atoms with Crippen LogP contribution in [0.1, 0.15) is 24.7 Å². The topological polar surface area (TPSA) is 110 Å². The summed E-state index contributed by atoms with van der Waals surface area (Å²) in [5.41, 5.74) is 2.59. The van der Waals surface area contributed by atoms with Crippen LogP contribution in [0, 0.1) is 0 Å². The van der Waals surface area contributed by atoms with Crippen molar-refractivity contribution in [1.29, 1.82) is 0 Å². The highest BCUT2D eigenvalue weighted by molar-refractivity contribution is 7.97. The molecule has 2 aliphatic rings. The van der Waals surface area contributed by atoms with Crippen LogP contribution < -0.4 is 9.46 Å². The van der Waals surface area contributed by atoms with E-state index in [-0.39, 0.29) is 24.9 Å². The number of hydrogen-bond acceptors (Lipinski definition) is 9. The highest BCUT2D eigenvalue weighted by Gasteiger charge is 2.24. The van der Waals surface area contributed by atoms with Gasteiger partial charge in [-0.05, 0) is 67.9 Å². The van der Waals surface area contributed by atoms with Crippen LogP contribution in [0.25, 0.3) is 5.57 Å². The minimum Gasteiger partial charge on any atom is -0.469 e. The van der Waals surface area contributed by atoms with Gasteiger partial charge in [0, 0.05) is 19.2 Å². The van der Waals surface area contributed by atoms with Gasteiger partial charge in [0.15, 0.2) is 0 Å². The summed E-state index contributed by atoms with van der Waals surface area (Å²) >= 11 is 1.44. The van der Waals surface area contributed by atoms with Gasteiger partial charge in [-0.25, -0.2) is 9.98 Å². The Labute approximate surface area is 203 Å². The van der Waals surface area contributed by atoms with Gasteiger partial charge in [0.25, 0.3) is 0 Å². The Morgan fingerprint density at radius 3 is 2.85 bits per heavy atom. The van der Waals surface area contributed by atoms with Gasteiger partial charge >= 0.3 is 0 Å². The maximum atomic E-state index is 9.30. The molecule has 3 unspecified atom stereocenters. The van der Waals surface area contributed by atoms with Crippen LogP contribution in [0.5, 0.6) is 5.75 Å². The highest BCUT2D eigenvalue weighted by atomic mass is 32.2. The summed E-state index contributed by atoms with van der Waals surface area (Å²) in [5.74, 6) is 1.94. The third-order valence-electron chi connectivity index (χ3n) is 5.21. The molecule has 3 heterocycles. The largest absolute Gasteiger partial charge is 0.469 e. The summed E-state index contributed by atoms with van der Waals surface area (Å²) in [6.07, 6.45) is 5.84. The van der Waals surface area contributed by atoms with Gasteiger partial charge < -0.3 is 29.0 Å². The Hall–Kier alpha value is -2.63. The van der Waals surface area contributed by atoms with Crippen molar-refractivity contribution in [2.24, 2.45) is 4.99 Å². The monoisotopic (exact) mass is 486 g/mol. The van der Waals surface area contributed by atoms with Crippen molar-refractivity contribution in [2.75, 3.05) is 33.9 Å². The first kappa shape index (κ1) is 24.5. The number of aliphatic imine (C=N–C) groups is 1. The molecule has 1 aliphatic carbocycles. The van der Waals surface area contributed by atoms with Gasteiger partial charge in [-0.2, -0.15) is 0 Å². The molecule has 2 aromatic heterocycles. The molecule has 3 atom stereocenters. The average molecular weight is 487 g/mol. The minimum absolute atomic E-state index is 0.0582. The molecule has 0 saturated heterocycles. The van der Waals surface area contributed by atoms with Crippen LogP contribution in [0.4, 0.5) is 0 Å². The number of H-pyrrole nitrogens is 1. The Morgan fingerprint density at radius 2 is 2.15 bits per heavy atom. The van der Waals surface area contributed by atoms with Crippen LogP contribution in [0.3, 0.4) is 0 Å². The molecule has 0 aromatic carbocycles. The number of aromatic amines is 1. The lowest BCUT2D eigenvalue weighted by Crippen LogP contribution is -2.25. The third kappa shape index (κ3) is 6.28. The van der Waals surface area contributed by atoms with Crippen molar-refractivity contribution < 1.29 is 24.1 Å². The second-order valence-electron chi connectivity index (χ2n) is 7.97. The first-order valence-electron chi connectivity index (χ1n) is 11.1. The number of nitrogens with one attached hydrogen (secondary N) is 2. The SMILES string of the molecule is CNSc1ccc(OC2=CC(c3ccc(C4=NCC(CO)O4)[nH]3)=CC(OC(C)COC)C2)cn1. The number of aromatic nitrogens is 2. The third-order valence-corrected chi connectivity index (χ3v) is 5.86. The van der Waals surface area contributed by atoms with E-state index >= 15 is 0 Å². The number of hydrogen-bond donors (Lipinski definition) is 3. The highest BCUT2D eigenvalue weighted by Crippen LogP contribution is 2.30. The van der Waals surface area contributed by atoms with E-state index in [1.54, 1.807) is 13.3 Å². The van der Waals surface area contributed by atoms with Gasteiger partial charge in [0.05, 0.1) is 38.2 Å². The van der Waals surface area contributed by atoms with E-state index in [4.69, 9.17) is 18.9 Å². The van der Waals surface area contributed by atoms with E-state index in [0.717, 1.165) is 27.7 Å². The number of pyridine rings is 1. The smallest absolute Gasteiger partial charge is 0.233 e. The molecular weight excluding hydrogens is 456 g/mol. The number of aliphatic hydroxyl groups excluding tert-OH is 1. The standard InChI is InChI=1S/C24H30N4O5S/c1-15(14-30-3)31-18-8-16(21-5-6-22(28-21)24-27-12-20(13-29)33-24)9-19(10-18)32-17-4-7-23(26-11-17)34-25-2/h4-9,11,15,18,20,25,28-29H,10,12-14H2,1-3H3. The fraction of sp³-hybridized carbons (Fsp3) is 0.417. The molecule has 0 saturated carbocycles. The van der Waals surface area contributed by atoms with Gasteiger partial charge in [0.2, 0.25) is 5.90 Å². The summed E-state index contributed by atoms with van der Waals surface area (Å²) in [4.78, 5) is 12.1. The number of allylic oxidation sites excluding steroid dienone is 2. The van der Waals surface area contributed by atoms with Crippen molar-refractivity contribution in [2.45, 2.75) is 36.7 Å². The zero-order valence-electron chi connectivity index (χ0n) is 19.5. The van der Waals surface area contributed by atoms with E-state index in [1.165, 1.54) is 11.9 Å². The van der Waals surface area contributed by atoms with Crippen molar-refractivity contribution in [3.63, 3.8) is 0 Å². The first-order chi connectivity index (χ1) is 16.6. The fourth-order valence-electron chi connectivity index (χ4n) is 3.73. The number of ether oxygens (including phenoxy) is 4. The molecule has 0 radical (unpaired) electrons. The molecule has 10 heteroatoms. The van der Waals surface area contributed by atoms with Gasteiger partial charge in [-0.1, -0.05) is 0 Å². The lowest BCUT2D eigenvalue weighted by molar-refractivity contribution is -0.0217. The Bertz CT molecular complexity index is 1050. The molecule has 9 nitrogen and oxygen atoms in total. The summed E-state index contributed by atoms with van der Waals surface area (Å²) < 4.78 is 26.3. The number of nitrogens with zero attached hydrogens (tertiary/aromatic N) is 2. The lowest BCUT2D eigenvalue weighted by Gasteiger charge is -2.25. The zero-order chi connectivity index (χ0) is 23.9. The molecule has 0 amide bonds. The molecule has 0 fully saturated rings. The van der Waals surface area contributed by atoms with E-state index in [1.807, 2.05) is 44.3 Å². The molecule has 0 spiro atoms. The molecule has 4 rings (SSSR count). The zero-order valence-corrected chi connectivity index (χ0v) is 20.3. The predicted octanol–water partition coefficient (Wildman–Crippen LogP) is 2.94. The Morgan fingerprint density at radius 1 is 1.29 bits per heavy atom. The Balaban J connectivity index is 1.54. The van der Waals surface area contributed by atoms with Gasteiger partial charge in [-0.3, -0.25) is 4.72 Å². The van der Waals surface area contributed by atoms with Crippen molar-refractivity contribution >= 4 is 23.4 Å². The van der Waals surface area contributed by atoms with Crippen LogP contribution in [0.2, 0.25) is 0 Å². The van der Waals surface area contributed by atoms with E-state index < -0.39 is 0 Å². The van der Waals surface area contributed by atoms with Crippen molar-refractivity contribution in [1.82, 2.24) is 14.7 Å². The van der Waals surface area contributed by atoms with Gasteiger partial charge in [-0.15, -0.1) is 0 Å². The molecule has 1 aliphatic heterocycles. The Kier molecular flexibility index (Phi) is 8.41. The summed E-state index contributed by atoms with van der Waals surface area (Å²) in [7, 11) is 3.51. The maximum absolute atomic E-state index is 9.30. The van der Waals surface area contributed by atoms with Crippen LogP contribution in [-0.2, 0) is 14.2 Å². The second-order valence-corrected chi connectivity index (χ2v) is 9.00. The van der Waals surface area contributed by atoms with Crippen LogP contribution in [-0.4, -0.2) is 73.2 Å². The molecule has 34 heavy (non-hydrogen) atoms. The summed E-state index contributed by atoms with van der Waals surface area (Å²) in [6.45, 7) is 2.88. The van der Waals surface area contributed by atoms with E-state index in [9.17, 15) is 5.11 Å². The fourth-order valence-corrected chi connectivity index (χ4v) is 4.18. The molecule has 0 bridgehead atoms. The van der Waals surface area contributed by atoms with Gasteiger partial charge in [0.1, 0.15) is 28.3 Å². The average Bonchev–Trinajstić information content (AvgIpc) is 3.50. The van der Waals surface area contributed by atoms with Crippen molar-refractivity contribution in [3.05, 3.63) is 59.8 Å². The van der Waals surface area contributed by atoms with Crippen molar-refractivity contribution in [3.8, 4) is 5.75 Å². The minimum atomic E-state index is -0.290. The van der Waals surface area contributed by atoms with Crippen LogP contribution in [0.15, 0.2) is 58.4 Å². The number of aliphatic hydroxyl groups is 1. The summed E-state index contributed by atoms with van der Waals surface area (Å²) in [6, 6.07) is 7.70.